The van der Waals surface area contributed by atoms with Crippen LogP contribution in [0.5, 0.6) is 11.5 Å². The van der Waals surface area contributed by atoms with E-state index in [4.69, 9.17) is 9.47 Å². The minimum absolute atomic E-state index is 0.0151. The molecule has 0 N–H and O–H groups in total. The Morgan fingerprint density at radius 2 is 1.55 bits per heavy atom. The molecule has 2 amide bonds. The van der Waals surface area contributed by atoms with E-state index in [1.165, 1.54) is 12.1 Å². The van der Waals surface area contributed by atoms with Crippen LogP contribution in [0.2, 0.25) is 0 Å². The smallest absolute Gasteiger partial charge is 0.254 e. The Hall–Kier alpha value is -4.07. The second-order valence-electron chi connectivity index (χ2n) is 9.95. The minimum Gasteiger partial charge on any atom is -0.493 e. The molecule has 3 heterocycles. The summed E-state index contributed by atoms with van der Waals surface area (Å²) in [5.74, 6) is 0.399. The highest BCUT2D eigenvalue weighted by atomic mass is 19.1. The van der Waals surface area contributed by atoms with Gasteiger partial charge < -0.3 is 24.2 Å². The van der Waals surface area contributed by atoms with E-state index in [1.807, 2.05) is 46.2 Å². The number of fused-ring (bicyclic) bond motifs is 4. The first-order chi connectivity index (χ1) is 18.5. The molecule has 0 saturated carbocycles. The van der Waals surface area contributed by atoms with Crippen LogP contribution in [0.1, 0.15) is 39.0 Å². The summed E-state index contributed by atoms with van der Waals surface area (Å²) in [6.45, 7) is 2.94. The third-order valence-electron chi connectivity index (χ3n) is 8.07. The molecule has 6 rings (SSSR count). The molecule has 0 spiro atoms. The monoisotopic (exact) mass is 515 g/mol. The van der Waals surface area contributed by atoms with Crippen LogP contribution in [-0.4, -0.2) is 68.6 Å². The van der Waals surface area contributed by atoms with Gasteiger partial charge in [-0.25, -0.2) is 4.39 Å². The highest BCUT2D eigenvalue weighted by Crippen LogP contribution is 2.49. The number of halogens is 1. The van der Waals surface area contributed by atoms with Gasteiger partial charge in [-0.05, 0) is 65.6 Å². The zero-order valence-electron chi connectivity index (χ0n) is 21.5. The number of anilines is 1. The molecule has 7 nitrogen and oxygen atoms in total. The largest absolute Gasteiger partial charge is 0.493 e. The summed E-state index contributed by atoms with van der Waals surface area (Å²) >= 11 is 0. The van der Waals surface area contributed by atoms with Crippen LogP contribution in [-0.2, 0) is 11.2 Å². The van der Waals surface area contributed by atoms with Gasteiger partial charge >= 0.3 is 0 Å². The summed E-state index contributed by atoms with van der Waals surface area (Å²) in [6.07, 6.45) is 0.678. The first-order valence-electron chi connectivity index (χ1n) is 12.9. The number of benzene rings is 3. The summed E-state index contributed by atoms with van der Waals surface area (Å²) in [4.78, 5) is 33.9. The first kappa shape index (κ1) is 24.3. The van der Waals surface area contributed by atoms with E-state index in [1.54, 1.807) is 26.4 Å². The maximum absolute atomic E-state index is 14.3. The maximum Gasteiger partial charge on any atom is 0.254 e. The fourth-order valence-corrected chi connectivity index (χ4v) is 6.15. The van der Waals surface area contributed by atoms with Crippen LogP contribution in [0, 0.1) is 5.82 Å². The molecule has 1 saturated heterocycles. The summed E-state index contributed by atoms with van der Waals surface area (Å²) in [6, 6.07) is 17.4. The quantitative estimate of drug-likeness (QED) is 0.525. The number of hydrogen-bond donors (Lipinski definition) is 0. The van der Waals surface area contributed by atoms with Crippen molar-refractivity contribution in [1.29, 1.82) is 0 Å². The average Bonchev–Trinajstić information content (AvgIpc) is 2.96. The van der Waals surface area contributed by atoms with E-state index < -0.39 is 12.0 Å². The van der Waals surface area contributed by atoms with E-state index in [2.05, 4.69) is 4.90 Å². The number of nitrogens with zero attached hydrogens (tertiary/aromatic N) is 3. The molecular formula is C30H30FN3O4. The van der Waals surface area contributed by atoms with Crippen molar-refractivity contribution in [1.82, 2.24) is 9.80 Å². The van der Waals surface area contributed by atoms with Gasteiger partial charge in [0, 0.05) is 44.0 Å². The second kappa shape index (κ2) is 9.67. The van der Waals surface area contributed by atoms with Crippen LogP contribution in [0.25, 0.3) is 0 Å². The number of methoxy groups -OCH3 is 2. The number of piperazine rings is 1. The van der Waals surface area contributed by atoms with Crippen molar-refractivity contribution in [2.24, 2.45) is 0 Å². The van der Waals surface area contributed by atoms with Crippen molar-refractivity contribution in [2.45, 2.75) is 18.4 Å². The summed E-state index contributed by atoms with van der Waals surface area (Å²) < 4.78 is 24.5. The molecule has 1 fully saturated rings. The highest BCUT2D eigenvalue weighted by molar-refractivity contribution is 6.01. The molecule has 0 aromatic heterocycles. The van der Waals surface area contributed by atoms with Gasteiger partial charge in [0.05, 0.1) is 26.2 Å². The molecule has 8 heteroatoms. The number of amides is 2. The molecule has 3 aliphatic rings. The molecule has 38 heavy (non-hydrogen) atoms. The zero-order chi connectivity index (χ0) is 26.4. The maximum atomic E-state index is 14.3. The minimum atomic E-state index is -0.529. The lowest BCUT2D eigenvalue weighted by Crippen LogP contribution is -2.54. The highest BCUT2D eigenvalue weighted by Gasteiger charge is 2.48. The molecular weight excluding hydrogens is 485 g/mol. The van der Waals surface area contributed by atoms with Crippen molar-refractivity contribution in [3.63, 3.8) is 0 Å². The Morgan fingerprint density at radius 3 is 2.26 bits per heavy atom. The summed E-state index contributed by atoms with van der Waals surface area (Å²) in [5.41, 5.74) is 4.30. The molecule has 0 unspecified atom stereocenters. The molecule has 2 atom stereocenters. The topological polar surface area (TPSA) is 62.3 Å². The van der Waals surface area contributed by atoms with Crippen LogP contribution < -0.4 is 14.4 Å². The van der Waals surface area contributed by atoms with Gasteiger partial charge in [0.25, 0.3) is 5.91 Å². The molecule has 3 aromatic carbocycles. The summed E-state index contributed by atoms with van der Waals surface area (Å²) in [7, 11) is 3.20. The van der Waals surface area contributed by atoms with Crippen LogP contribution in [0.3, 0.4) is 0 Å². The fourth-order valence-electron chi connectivity index (χ4n) is 6.15. The molecule has 0 radical (unpaired) electrons. The van der Waals surface area contributed by atoms with Gasteiger partial charge in [-0.3, -0.25) is 9.59 Å². The number of carbonyl (C=O) groups excluding carboxylic acids is 2. The average molecular weight is 516 g/mol. The van der Waals surface area contributed by atoms with Crippen molar-refractivity contribution < 1.29 is 23.5 Å². The number of carbonyl (C=O) groups is 2. The van der Waals surface area contributed by atoms with Crippen molar-refractivity contribution in [3.8, 4) is 11.5 Å². The number of rotatable bonds is 4. The normalized spacial score (nSPS) is 20.4. The summed E-state index contributed by atoms with van der Waals surface area (Å²) in [5, 5.41) is 0. The Kier molecular flexibility index (Phi) is 6.18. The van der Waals surface area contributed by atoms with Crippen molar-refractivity contribution in [3.05, 3.63) is 88.7 Å². The van der Waals surface area contributed by atoms with Gasteiger partial charge in [-0.2, -0.15) is 0 Å². The second-order valence-corrected chi connectivity index (χ2v) is 9.95. The van der Waals surface area contributed by atoms with Crippen molar-refractivity contribution in [2.75, 3.05) is 51.8 Å². The Balaban J connectivity index is 1.36. The molecule has 3 aliphatic heterocycles. The van der Waals surface area contributed by atoms with Gasteiger partial charge in [0.15, 0.2) is 11.5 Å². The van der Waals surface area contributed by atoms with E-state index in [0.717, 1.165) is 22.4 Å². The number of ether oxygens (including phenoxy) is 2. The lowest BCUT2D eigenvalue weighted by molar-refractivity contribution is -0.135. The molecule has 0 aliphatic carbocycles. The third-order valence-corrected chi connectivity index (χ3v) is 8.07. The van der Waals surface area contributed by atoms with Crippen molar-refractivity contribution >= 4 is 17.5 Å². The lowest BCUT2D eigenvalue weighted by Gasteiger charge is -2.47. The zero-order valence-corrected chi connectivity index (χ0v) is 21.5. The van der Waals surface area contributed by atoms with Gasteiger partial charge in [0.1, 0.15) is 5.82 Å². The number of hydrogen-bond acceptors (Lipinski definition) is 5. The Morgan fingerprint density at radius 1 is 0.868 bits per heavy atom. The molecule has 3 aromatic rings. The Bertz CT molecular complexity index is 1380. The van der Waals surface area contributed by atoms with E-state index in [9.17, 15) is 14.0 Å². The predicted octanol–water partition coefficient (Wildman–Crippen LogP) is 4.03. The third kappa shape index (κ3) is 3.95. The van der Waals surface area contributed by atoms with E-state index >= 15 is 0 Å². The first-order valence-corrected chi connectivity index (χ1v) is 12.9. The SMILES string of the molecule is COc1cc2c(cc1OC)[C@@H]1[C@@H](C(=O)N3CCN(c4ccc(F)cc4)CC3)c3ccccc3C(=O)N1CC2. The van der Waals surface area contributed by atoms with Crippen LogP contribution in [0.4, 0.5) is 10.1 Å². The van der Waals surface area contributed by atoms with Gasteiger partial charge in [0.2, 0.25) is 5.91 Å². The van der Waals surface area contributed by atoms with Gasteiger partial charge in [-0.15, -0.1) is 0 Å². The van der Waals surface area contributed by atoms with Crippen LogP contribution in [0.15, 0.2) is 60.7 Å². The molecule has 0 bridgehead atoms. The van der Waals surface area contributed by atoms with Gasteiger partial charge in [-0.1, -0.05) is 18.2 Å². The fraction of sp³-hybridized carbons (Fsp3) is 0.333. The van der Waals surface area contributed by atoms with E-state index in [-0.39, 0.29) is 17.6 Å². The van der Waals surface area contributed by atoms with Crippen LogP contribution >= 0.6 is 0 Å². The standard InChI is InChI=1S/C30H30FN3O4/c1-37-25-17-19-11-12-34-28(24(19)18-26(25)38-2)27(22-5-3-4-6-23(22)29(34)35)30(36)33-15-13-32(14-16-33)21-9-7-20(31)8-10-21/h3-10,17-18,27-28H,11-16H2,1-2H3/t27-,28+/m0/s1. The van der Waals surface area contributed by atoms with E-state index in [0.29, 0.717) is 56.2 Å². The predicted molar refractivity (Wildman–Crippen MR) is 141 cm³/mol. The lowest BCUT2D eigenvalue weighted by atomic mass is 9.75. The Labute approximate surface area is 221 Å². The molecule has 196 valence electrons.